The van der Waals surface area contributed by atoms with Crippen molar-refractivity contribution >= 4 is 0 Å². The molecule has 1 fully saturated rings. The second kappa shape index (κ2) is 4.17. The van der Waals surface area contributed by atoms with Gasteiger partial charge >= 0.3 is 0 Å². The van der Waals surface area contributed by atoms with Crippen LogP contribution in [0.5, 0.6) is 17.2 Å². The topological polar surface area (TPSA) is 49.7 Å². The molecule has 0 amide bonds. The summed E-state index contributed by atoms with van der Waals surface area (Å²) in [4.78, 5) is 0. The van der Waals surface area contributed by atoms with E-state index in [1.165, 1.54) is 0 Å². The smallest absolute Gasteiger partial charge is 0.138 e. The van der Waals surface area contributed by atoms with Gasteiger partial charge in [-0.3, -0.25) is 0 Å². The van der Waals surface area contributed by atoms with Crippen LogP contribution in [0.1, 0.15) is 31.7 Å². The fourth-order valence-corrected chi connectivity index (χ4v) is 3.82. The normalized spacial score (nSPS) is 25.7. The highest BCUT2D eigenvalue weighted by Gasteiger charge is 2.52. The van der Waals surface area contributed by atoms with Crippen LogP contribution in [0.25, 0.3) is 11.1 Å². The Morgan fingerprint density at radius 2 is 1.81 bits per heavy atom. The van der Waals surface area contributed by atoms with Crippen molar-refractivity contribution in [2.75, 3.05) is 0 Å². The average molecular weight is 282 g/mol. The van der Waals surface area contributed by atoms with Crippen molar-refractivity contribution in [2.45, 2.75) is 31.8 Å². The highest BCUT2D eigenvalue weighted by molar-refractivity contribution is 5.78. The molecule has 0 radical (unpaired) electrons. The lowest BCUT2D eigenvalue weighted by molar-refractivity contribution is -0.0808. The van der Waals surface area contributed by atoms with Gasteiger partial charge in [-0.2, -0.15) is 0 Å². The largest absolute Gasteiger partial charge is 0.508 e. The first kappa shape index (κ1) is 12.6. The van der Waals surface area contributed by atoms with E-state index in [0.717, 1.165) is 41.7 Å². The zero-order chi connectivity index (χ0) is 14.6. The van der Waals surface area contributed by atoms with E-state index in [4.69, 9.17) is 4.74 Å². The number of benzene rings is 2. The standard InChI is InChI=1S/C18H18O3/c1-2-11-7-8-18(11)16-9-12(19)3-5-14(16)15-6-4-13(20)10-17(15)21-18/h3-6,9-11,19-20H,2,7-8H2,1H3. The molecule has 2 atom stereocenters. The van der Waals surface area contributed by atoms with Crippen LogP contribution in [-0.2, 0) is 5.60 Å². The molecule has 0 aromatic heterocycles. The molecule has 4 rings (SSSR count). The molecule has 2 aromatic rings. The first-order valence-corrected chi connectivity index (χ1v) is 7.50. The van der Waals surface area contributed by atoms with Gasteiger partial charge in [0.2, 0.25) is 0 Å². The third kappa shape index (κ3) is 1.60. The molecule has 3 heteroatoms. The lowest BCUT2D eigenvalue weighted by Crippen LogP contribution is -2.50. The summed E-state index contributed by atoms with van der Waals surface area (Å²) in [5, 5.41) is 19.6. The maximum atomic E-state index is 9.90. The first-order valence-electron chi connectivity index (χ1n) is 7.50. The maximum absolute atomic E-state index is 9.90. The zero-order valence-corrected chi connectivity index (χ0v) is 12.0. The Bertz CT molecular complexity index is 720. The van der Waals surface area contributed by atoms with Crippen LogP contribution in [0.4, 0.5) is 0 Å². The SMILES string of the molecule is CCC1CCC12Oc1cc(O)ccc1-c1ccc(O)cc12. The minimum Gasteiger partial charge on any atom is -0.508 e. The molecule has 1 spiro atoms. The Balaban J connectivity index is 1.97. The van der Waals surface area contributed by atoms with Crippen molar-refractivity contribution in [1.82, 2.24) is 0 Å². The summed E-state index contributed by atoms with van der Waals surface area (Å²) in [5.74, 6) is 1.69. The molecular formula is C18H18O3. The van der Waals surface area contributed by atoms with Gasteiger partial charge in [-0.25, -0.2) is 0 Å². The third-order valence-electron chi connectivity index (χ3n) is 5.02. The molecule has 0 saturated heterocycles. The van der Waals surface area contributed by atoms with Crippen LogP contribution in [-0.4, -0.2) is 10.2 Å². The Kier molecular flexibility index (Phi) is 2.49. The summed E-state index contributed by atoms with van der Waals surface area (Å²) < 4.78 is 6.35. The fourth-order valence-electron chi connectivity index (χ4n) is 3.82. The van der Waals surface area contributed by atoms with Gasteiger partial charge in [0, 0.05) is 23.1 Å². The predicted octanol–water partition coefficient (Wildman–Crippen LogP) is 4.17. The molecule has 1 aliphatic carbocycles. The second-order valence-corrected chi connectivity index (χ2v) is 6.05. The summed E-state index contributed by atoms with van der Waals surface area (Å²) in [5.41, 5.74) is 2.82. The molecule has 1 aliphatic heterocycles. The van der Waals surface area contributed by atoms with E-state index in [0.29, 0.717) is 5.92 Å². The van der Waals surface area contributed by atoms with E-state index >= 15 is 0 Å². The molecule has 0 bridgehead atoms. The van der Waals surface area contributed by atoms with Crippen LogP contribution in [0.2, 0.25) is 0 Å². The molecule has 3 nitrogen and oxygen atoms in total. The third-order valence-corrected chi connectivity index (χ3v) is 5.02. The Labute approximate surface area is 123 Å². The van der Waals surface area contributed by atoms with Gasteiger partial charge in [0.15, 0.2) is 0 Å². The molecule has 1 heterocycles. The molecule has 2 aromatic carbocycles. The summed E-state index contributed by atoms with van der Waals surface area (Å²) in [6.45, 7) is 2.18. The molecule has 21 heavy (non-hydrogen) atoms. The number of ether oxygens (including phenoxy) is 1. The van der Waals surface area contributed by atoms with E-state index in [9.17, 15) is 10.2 Å². The van der Waals surface area contributed by atoms with Crippen LogP contribution < -0.4 is 4.74 Å². The number of hydrogen-bond acceptors (Lipinski definition) is 3. The van der Waals surface area contributed by atoms with E-state index in [-0.39, 0.29) is 17.1 Å². The monoisotopic (exact) mass is 282 g/mol. The van der Waals surface area contributed by atoms with Crippen molar-refractivity contribution in [3.05, 3.63) is 42.0 Å². The van der Waals surface area contributed by atoms with Crippen molar-refractivity contribution in [1.29, 1.82) is 0 Å². The first-order chi connectivity index (χ1) is 10.1. The predicted molar refractivity (Wildman–Crippen MR) is 80.5 cm³/mol. The number of phenols is 2. The highest BCUT2D eigenvalue weighted by Crippen LogP contribution is 2.58. The van der Waals surface area contributed by atoms with E-state index < -0.39 is 0 Å². The van der Waals surface area contributed by atoms with E-state index in [2.05, 4.69) is 6.92 Å². The van der Waals surface area contributed by atoms with Crippen molar-refractivity contribution in [3.63, 3.8) is 0 Å². The van der Waals surface area contributed by atoms with Gasteiger partial charge in [0.25, 0.3) is 0 Å². The molecule has 2 unspecified atom stereocenters. The van der Waals surface area contributed by atoms with Crippen LogP contribution in [0, 0.1) is 5.92 Å². The van der Waals surface area contributed by atoms with E-state index in [1.54, 1.807) is 18.2 Å². The minimum atomic E-state index is -0.344. The molecule has 108 valence electrons. The number of aromatic hydroxyl groups is 2. The van der Waals surface area contributed by atoms with Crippen LogP contribution in [0.15, 0.2) is 36.4 Å². The summed E-state index contributed by atoms with van der Waals surface area (Å²) >= 11 is 0. The van der Waals surface area contributed by atoms with Crippen LogP contribution >= 0.6 is 0 Å². The maximum Gasteiger partial charge on any atom is 0.138 e. The van der Waals surface area contributed by atoms with Crippen molar-refractivity contribution in [3.8, 4) is 28.4 Å². The second-order valence-electron chi connectivity index (χ2n) is 6.05. The molecule has 2 aliphatic rings. The van der Waals surface area contributed by atoms with Gasteiger partial charge in [-0.05, 0) is 49.1 Å². The van der Waals surface area contributed by atoms with Gasteiger partial charge in [0.05, 0.1) is 0 Å². The van der Waals surface area contributed by atoms with Gasteiger partial charge < -0.3 is 14.9 Å². The quantitative estimate of drug-likeness (QED) is 0.825. The fraction of sp³-hybridized carbons (Fsp3) is 0.333. The Hall–Kier alpha value is -2.16. The van der Waals surface area contributed by atoms with Gasteiger partial charge in [-0.15, -0.1) is 0 Å². The lowest BCUT2D eigenvalue weighted by atomic mass is 9.62. The highest BCUT2D eigenvalue weighted by atomic mass is 16.5. The van der Waals surface area contributed by atoms with E-state index in [1.807, 2.05) is 18.2 Å². The molecule has 1 saturated carbocycles. The van der Waals surface area contributed by atoms with Crippen molar-refractivity contribution in [2.24, 2.45) is 5.92 Å². The summed E-state index contributed by atoms with van der Waals surface area (Å²) in [7, 11) is 0. The molecule has 2 N–H and O–H groups in total. The number of hydrogen-bond donors (Lipinski definition) is 2. The summed E-state index contributed by atoms with van der Waals surface area (Å²) in [6, 6.07) is 10.8. The zero-order valence-electron chi connectivity index (χ0n) is 12.0. The lowest BCUT2D eigenvalue weighted by Gasteiger charge is -2.52. The van der Waals surface area contributed by atoms with Crippen LogP contribution in [0.3, 0.4) is 0 Å². The van der Waals surface area contributed by atoms with Crippen molar-refractivity contribution < 1.29 is 14.9 Å². The minimum absolute atomic E-state index is 0.221. The Morgan fingerprint density at radius 3 is 2.48 bits per heavy atom. The number of phenolic OH excluding ortho intramolecular Hbond substituents is 2. The Morgan fingerprint density at radius 1 is 1.10 bits per heavy atom. The summed E-state index contributed by atoms with van der Waals surface area (Å²) in [6.07, 6.45) is 3.14. The van der Waals surface area contributed by atoms with Gasteiger partial charge in [-0.1, -0.05) is 13.0 Å². The number of fused-ring (bicyclic) bond motifs is 4. The average Bonchev–Trinajstić information content (AvgIpc) is 2.45. The molecular weight excluding hydrogens is 264 g/mol. The number of rotatable bonds is 1. The van der Waals surface area contributed by atoms with Gasteiger partial charge in [0.1, 0.15) is 22.8 Å².